The van der Waals surface area contributed by atoms with Gasteiger partial charge in [0, 0.05) is 17.5 Å². The van der Waals surface area contributed by atoms with Crippen LogP contribution in [0.25, 0.3) is 0 Å². The lowest BCUT2D eigenvalue weighted by Crippen LogP contribution is -2.06. The van der Waals surface area contributed by atoms with E-state index in [-0.39, 0.29) is 59.0 Å². The molecule has 4 nitrogen and oxygen atoms in total. The van der Waals surface area contributed by atoms with Crippen molar-refractivity contribution in [1.29, 1.82) is 0 Å². The third-order valence-corrected chi connectivity index (χ3v) is 4.81. The van der Waals surface area contributed by atoms with Crippen molar-refractivity contribution >= 4 is 5.78 Å². The van der Waals surface area contributed by atoms with Gasteiger partial charge in [0.25, 0.3) is 0 Å². The number of benzene rings is 2. The molecule has 0 heterocycles. The third-order valence-electron chi connectivity index (χ3n) is 4.81. The molecule has 0 aliphatic rings. The number of carbonyl (C=O) groups excluding carboxylic acids is 1. The highest BCUT2D eigenvalue weighted by atomic mass is 16.3. The number of aromatic hydroxyl groups is 3. The predicted octanol–water partition coefficient (Wildman–Crippen LogP) is 5.64. The highest BCUT2D eigenvalue weighted by molar-refractivity contribution is 6.02. The molecule has 4 heteroatoms. The summed E-state index contributed by atoms with van der Waals surface area (Å²) in [6.07, 6.45) is 4.96. The summed E-state index contributed by atoms with van der Waals surface area (Å²) in [6.45, 7) is 7.68. The lowest BCUT2D eigenvalue weighted by Gasteiger charge is -2.17. The minimum Gasteiger partial charge on any atom is -0.507 e. The van der Waals surface area contributed by atoms with E-state index in [0.717, 1.165) is 16.7 Å². The first-order valence-electron chi connectivity index (χ1n) is 9.84. The zero-order valence-corrected chi connectivity index (χ0v) is 17.6. The normalized spacial score (nSPS) is 10.5. The summed E-state index contributed by atoms with van der Waals surface area (Å²) < 4.78 is 0. The number of phenols is 3. The number of aryl methyl sites for hydroxylation is 1. The Morgan fingerprint density at radius 3 is 1.72 bits per heavy atom. The Morgan fingerprint density at radius 1 is 0.793 bits per heavy atom. The van der Waals surface area contributed by atoms with Crippen molar-refractivity contribution < 1.29 is 20.1 Å². The monoisotopic (exact) mass is 394 g/mol. The number of Topliss-reactive ketones (excluding diaryl/α,β-unsaturated/α-hetero) is 1. The SMILES string of the molecule is CC(C)=CCc1c(O)c(CC=C(C)C)c(O)c(C(=O)CCc2ccccc2)c1O. The molecule has 0 saturated carbocycles. The van der Waals surface area contributed by atoms with E-state index in [0.29, 0.717) is 6.42 Å². The molecular formula is C25H30O4. The van der Waals surface area contributed by atoms with Gasteiger partial charge >= 0.3 is 0 Å². The van der Waals surface area contributed by atoms with E-state index in [1.807, 2.05) is 70.2 Å². The van der Waals surface area contributed by atoms with Crippen molar-refractivity contribution in [3.05, 3.63) is 75.9 Å². The van der Waals surface area contributed by atoms with Gasteiger partial charge in [0.2, 0.25) is 0 Å². The van der Waals surface area contributed by atoms with E-state index in [1.165, 1.54) is 0 Å². The van der Waals surface area contributed by atoms with Crippen LogP contribution in [0.5, 0.6) is 17.2 Å². The molecule has 0 amide bonds. The Morgan fingerprint density at radius 2 is 1.28 bits per heavy atom. The molecule has 0 fully saturated rings. The second-order valence-electron chi connectivity index (χ2n) is 7.76. The quantitative estimate of drug-likeness (QED) is 0.400. The highest BCUT2D eigenvalue weighted by Crippen LogP contribution is 2.43. The maximum Gasteiger partial charge on any atom is 0.170 e. The van der Waals surface area contributed by atoms with Gasteiger partial charge in [0.05, 0.1) is 0 Å². The van der Waals surface area contributed by atoms with Crippen LogP contribution < -0.4 is 0 Å². The lowest BCUT2D eigenvalue weighted by molar-refractivity contribution is 0.0977. The van der Waals surface area contributed by atoms with E-state index in [2.05, 4.69) is 0 Å². The fourth-order valence-electron chi connectivity index (χ4n) is 3.11. The van der Waals surface area contributed by atoms with E-state index in [1.54, 1.807) is 0 Å². The summed E-state index contributed by atoms with van der Waals surface area (Å²) in [5.74, 6) is -1.18. The molecule has 0 radical (unpaired) electrons. The van der Waals surface area contributed by atoms with Crippen LogP contribution >= 0.6 is 0 Å². The van der Waals surface area contributed by atoms with Crippen LogP contribution in [0.4, 0.5) is 0 Å². The molecule has 29 heavy (non-hydrogen) atoms. The standard InChI is InChI=1S/C25H30O4/c1-16(2)10-13-19-23(27)20(14-11-17(3)4)25(29)22(24(19)28)21(26)15-12-18-8-6-5-7-9-18/h5-11,27-29H,12-15H2,1-4H3. The van der Waals surface area contributed by atoms with Crippen molar-refractivity contribution in [2.24, 2.45) is 0 Å². The largest absolute Gasteiger partial charge is 0.507 e. The van der Waals surface area contributed by atoms with E-state index < -0.39 is 0 Å². The van der Waals surface area contributed by atoms with Crippen LogP contribution in [0.2, 0.25) is 0 Å². The highest BCUT2D eigenvalue weighted by Gasteiger charge is 2.26. The average molecular weight is 395 g/mol. The zero-order chi connectivity index (χ0) is 21.6. The second kappa shape index (κ2) is 9.97. The molecule has 2 aromatic carbocycles. The van der Waals surface area contributed by atoms with E-state index in [9.17, 15) is 20.1 Å². The summed E-state index contributed by atoms with van der Waals surface area (Å²) in [7, 11) is 0. The Bertz CT molecular complexity index is 882. The number of carbonyl (C=O) groups is 1. The first-order chi connectivity index (χ1) is 13.7. The summed E-state index contributed by atoms with van der Waals surface area (Å²) in [6, 6.07) is 9.59. The first kappa shape index (κ1) is 22.3. The second-order valence-corrected chi connectivity index (χ2v) is 7.76. The van der Waals surface area contributed by atoms with Gasteiger partial charge in [-0.1, -0.05) is 53.6 Å². The first-order valence-corrected chi connectivity index (χ1v) is 9.84. The summed E-state index contributed by atoms with van der Waals surface area (Å²) in [5.41, 5.74) is 3.49. The minimum atomic E-state index is -0.347. The van der Waals surface area contributed by atoms with Crippen molar-refractivity contribution in [3.8, 4) is 17.2 Å². The fourth-order valence-corrected chi connectivity index (χ4v) is 3.11. The molecule has 0 spiro atoms. The van der Waals surface area contributed by atoms with Crippen LogP contribution in [0.3, 0.4) is 0 Å². The van der Waals surface area contributed by atoms with Crippen LogP contribution in [0.15, 0.2) is 53.6 Å². The van der Waals surface area contributed by atoms with Gasteiger partial charge in [0.1, 0.15) is 22.8 Å². The van der Waals surface area contributed by atoms with Crippen LogP contribution in [-0.2, 0) is 19.3 Å². The summed E-state index contributed by atoms with van der Waals surface area (Å²) in [4.78, 5) is 12.9. The van der Waals surface area contributed by atoms with E-state index in [4.69, 9.17) is 0 Å². The maximum absolute atomic E-state index is 12.9. The number of hydrogen-bond acceptors (Lipinski definition) is 4. The molecule has 154 valence electrons. The van der Waals surface area contributed by atoms with Crippen LogP contribution in [-0.4, -0.2) is 21.1 Å². The van der Waals surface area contributed by atoms with E-state index >= 15 is 0 Å². The van der Waals surface area contributed by atoms with Crippen LogP contribution in [0, 0.1) is 0 Å². The van der Waals surface area contributed by atoms with Crippen molar-refractivity contribution in [2.45, 2.75) is 53.4 Å². The number of phenolic OH excluding ortho intramolecular Hbond substituents is 3. The smallest absolute Gasteiger partial charge is 0.170 e. The zero-order valence-electron chi connectivity index (χ0n) is 17.6. The molecule has 2 aromatic rings. The molecule has 2 rings (SSSR count). The Balaban J connectivity index is 2.49. The Kier molecular flexibility index (Phi) is 7.66. The maximum atomic E-state index is 12.9. The molecule has 0 bridgehead atoms. The summed E-state index contributed by atoms with van der Waals surface area (Å²) in [5, 5.41) is 32.2. The Hall–Kier alpha value is -3.01. The van der Waals surface area contributed by atoms with Gasteiger partial charge in [0.15, 0.2) is 5.78 Å². The fraction of sp³-hybridized carbons (Fsp3) is 0.320. The predicted molar refractivity (Wildman–Crippen MR) is 117 cm³/mol. The van der Waals surface area contributed by atoms with Gasteiger partial charge in [-0.25, -0.2) is 0 Å². The molecule has 0 atom stereocenters. The Labute approximate surface area is 172 Å². The molecule has 0 aliphatic carbocycles. The molecule has 0 saturated heterocycles. The number of hydrogen-bond donors (Lipinski definition) is 3. The number of allylic oxidation sites excluding steroid dienone is 4. The van der Waals surface area contributed by atoms with Gasteiger partial charge < -0.3 is 15.3 Å². The molecule has 0 aromatic heterocycles. The molecular weight excluding hydrogens is 364 g/mol. The number of ketones is 1. The lowest BCUT2D eigenvalue weighted by atomic mass is 9.92. The molecule has 3 N–H and O–H groups in total. The van der Waals surface area contributed by atoms with Gasteiger partial charge in [-0.3, -0.25) is 4.79 Å². The van der Waals surface area contributed by atoms with Crippen molar-refractivity contribution in [2.75, 3.05) is 0 Å². The van der Waals surface area contributed by atoms with Crippen LogP contribution in [0.1, 0.15) is 61.2 Å². The van der Waals surface area contributed by atoms with Gasteiger partial charge in [-0.05, 0) is 52.5 Å². The van der Waals surface area contributed by atoms with Crippen molar-refractivity contribution in [1.82, 2.24) is 0 Å². The summed E-state index contributed by atoms with van der Waals surface area (Å²) >= 11 is 0. The minimum absolute atomic E-state index is 0.104. The van der Waals surface area contributed by atoms with Gasteiger partial charge in [-0.15, -0.1) is 0 Å². The van der Waals surface area contributed by atoms with Gasteiger partial charge in [-0.2, -0.15) is 0 Å². The third kappa shape index (κ3) is 5.74. The molecule has 0 aliphatic heterocycles. The van der Waals surface area contributed by atoms with Crippen molar-refractivity contribution in [3.63, 3.8) is 0 Å². The number of rotatable bonds is 8. The topological polar surface area (TPSA) is 77.8 Å². The molecule has 0 unspecified atom stereocenters. The average Bonchev–Trinajstić information content (AvgIpc) is 2.66.